The maximum Gasteiger partial charge on any atom is 0.251 e. The van der Waals surface area contributed by atoms with Crippen LogP contribution in [0.1, 0.15) is 81.5 Å². The summed E-state index contributed by atoms with van der Waals surface area (Å²) in [5.74, 6) is 3.21. The molecule has 266 valence electrons. The topological polar surface area (TPSA) is 109 Å². The van der Waals surface area contributed by atoms with Gasteiger partial charge in [0.2, 0.25) is 5.95 Å². The summed E-state index contributed by atoms with van der Waals surface area (Å²) in [5.41, 5.74) is 1.91. The Labute approximate surface area is 291 Å². The molecule has 4 fully saturated rings. The summed E-state index contributed by atoms with van der Waals surface area (Å²) in [6.07, 6.45) is 13.2. The lowest BCUT2D eigenvalue weighted by Crippen LogP contribution is -2.59. The number of nitrogens with zero attached hydrogens (tertiary/aromatic N) is 7. The van der Waals surface area contributed by atoms with Gasteiger partial charge in [0.05, 0.1) is 19.0 Å². The molecule has 1 saturated heterocycles. The maximum atomic E-state index is 13.4. The predicted molar refractivity (Wildman–Crippen MR) is 192 cm³/mol. The second kappa shape index (κ2) is 14.8. The molecule has 49 heavy (non-hydrogen) atoms. The number of likely N-dealkylation sites (N-methyl/N-ethyl adjacent to an activating group) is 1. The monoisotopic (exact) mass is 673 g/mol. The lowest BCUT2D eigenvalue weighted by atomic mass is 9.85. The van der Waals surface area contributed by atoms with Crippen LogP contribution in [0.25, 0.3) is 0 Å². The molecule has 3 aliphatic carbocycles. The first-order chi connectivity index (χ1) is 23.8. The standard InChI is InChI=1S/C37H55N9O3/c1-5-31-36(48)43(3)32-22-38-37(41-34(32)46(31)42(2)23-25-7-6-8-25)40-30-16-11-27(21-33(30)49-4)35(47)39-28-12-14-29(15-13-28)45-19-17-44(18-20-45)24-26-9-10-26/h11,16,21-22,25-26,28-29,31H,5-10,12-15,17-20,23-24H2,1-4H3,(H,39,47)(H,38,40,41). The lowest BCUT2D eigenvalue weighted by molar-refractivity contribution is -0.121. The number of carbonyl (C=O) groups excluding carboxylic acids is 2. The molecular weight excluding hydrogens is 618 g/mol. The van der Waals surface area contributed by atoms with Gasteiger partial charge in [0.1, 0.15) is 17.5 Å². The first-order valence-electron chi connectivity index (χ1n) is 18.7. The Hall–Kier alpha value is -3.48. The van der Waals surface area contributed by atoms with Crippen molar-refractivity contribution in [1.29, 1.82) is 0 Å². The number of carbonyl (C=O) groups is 2. The van der Waals surface area contributed by atoms with Crippen LogP contribution in [0.3, 0.4) is 0 Å². The number of nitrogens with one attached hydrogen (secondary N) is 2. The van der Waals surface area contributed by atoms with Gasteiger partial charge in [-0.15, -0.1) is 0 Å². The number of ether oxygens (including phenoxy) is 1. The summed E-state index contributed by atoms with van der Waals surface area (Å²) >= 11 is 0. The van der Waals surface area contributed by atoms with Crippen LogP contribution in [0.2, 0.25) is 0 Å². The Bertz CT molecular complexity index is 1480. The van der Waals surface area contributed by atoms with Gasteiger partial charge in [-0.2, -0.15) is 4.98 Å². The Balaban J connectivity index is 0.975. The van der Waals surface area contributed by atoms with E-state index in [1.807, 2.05) is 19.1 Å². The van der Waals surface area contributed by atoms with Gasteiger partial charge in [-0.05, 0) is 87.8 Å². The van der Waals surface area contributed by atoms with E-state index in [0.717, 1.165) is 38.1 Å². The van der Waals surface area contributed by atoms with E-state index >= 15 is 0 Å². The summed E-state index contributed by atoms with van der Waals surface area (Å²) in [6.45, 7) is 8.98. The molecule has 1 aromatic heterocycles. The first-order valence-corrected chi connectivity index (χ1v) is 18.7. The molecule has 1 atom stereocenters. The number of benzene rings is 1. The molecule has 1 aromatic carbocycles. The SMILES string of the molecule is CCC1C(=O)N(C)c2cnc(Nc3ccc(C(=O)NC4CCC(N5CCN(CC6CC6)CC5)CC4)cc3OC)nc2N1N(C)CC1CCC1. The predicted octanol–water partition coefficient (Wildman–Crippen LogP) is 4.51. The Kier molecular flexibility index (Phi) is 10.3. The minimum atomic E-state index is -0.333. The third-order valence-corrected chi connectivity index (χ3v) is 11.6. The van der Waals surface area contributed by atoms with Crippen LogP contribution >= 0.6 is 0 Å². The molecule has 2 aromatic rings. The number of methoxy groups -OCH3 is 1. The number of fused-ring (bicyclic) bond motifs is 1. The van der Waals surface area contributed by atoms with Crippen molar-refractivity contribution in [3.05, 3.63) is 30.0 Å². The van der Waals surface area contributed by atoms with Gasteiger partial charge >= 0.3 is 0 Å². The number of anilines is 4. The largest absolute Gasteiger partial charge is 0.495 e. The first kappa shape index (κ1) is 34.0. The van der Waals surface area contributed by atoms with E-state index in [9.17, 15) is 9.59 Å². The van der Waals surface area contributed by atoms with E-state index in [-0.39, 0.29) is 23.9 Å². The summed E-state index contributed by atoms with van der Waals surface area (Å²) in [5, 5.41) is 10.8. The van der Waals surface area contributed by atoms with Crippen molar-refractivity contribution in [2.24, 2.45) is 11.8 Å². The smallest absolute Gasteiger partial charge is 0.251 e. The zero-order valence-corrected chi connectivity index (χ0v) is 29.9. The van der Waals surface area contributed by atoms with Crippen molar-refractivity contribution >= 4 is 35.0 Å². The molecule has 0 bridgehead atoms. The average Bonchev–Trinajstić information content (AvgIpc) is 3.92. The number of piperazine rings is 1. The van der Waals surface area contributed by atoms with Crippen molar-refractivity contribution < 1.29 is 14.3 Å². The lowest BCUT2D eigenvalue weighted by Gasteiger charge is -2.46. The third-order valence-electron chi connectivity index (χ3n) is 11.6. The quantitative estimate of drug-likeness (QED) is 0.334. The van der Waals surface area contributed by atoms with Gasteiger partial charge in [-0.3, -0.25) is 19.5 Å². The average molecular weight is 674 g/mol. The normalized spacial score (nSPS) is 25.2. The van der Waals surface area contributed by atoms with E-state index in [4.69, 9.17) is 9.72 Å². The van der Waals surface area contributed by atoms with Crippen LogP contribution in [0.4, 0.5) is 23.1 Å². The van der Waals surface area contributed by atoms with E-state index in [1.54, 1.807) is 31.3 Å². The van der Waals surface area contributed by atoms with Crippen molar-refractivity contribution in [2.75, 3.05) is 75.7 Å². The van der Waals surface area contributed by atoms with E-state index < -0.39 is 0 Å². The third kappa shape index (κ3) is 7.51. The molecule has 12 nitrogen and oxygen atoms in total. The molecule has 2 N–H and O–H groups in total. The molecular formula is C37H55N9O3. The maximum absolute atomic E-state index is 13.4. The van der Waals surface area contributed by atoms with Crippen LogP contribution in [0.5, 0.6) is 5.75 Å². The van der Waals surface area contributed by atoms with Gasteiger partial charge in [-0.25, -0.2) is 9.99 Å². The van der Waals surface area contributed by atoms with Crippen molar-refractivity contribution in [3.63, 3.8) is 0 Å². The second-order valence-corrected chi connectivity index (χ2v) is 15.0. The number of amides is 2. The molecule has 3 saturated carbocycles. The number of hydrogen-bond acceptors (Lipinski definition) is 10. The van der Waals surface area contributed by atoms with E-state index in [2.05, 4.69) is 42.5 Å². The number of aromatic nitrogens is 2. The van der Waals surface area contributed by atoms with Crippen LogP contribution in [-0.4, -0.2) is 115 Å². The van der Waals surface area contributed by atoms with Crippen LogP contribution in [-0.2, 0) is 4.79 Å². The Morgan fingerprint density at radius 1 is 1.02 bits per heavy atom. The molecule has 1 unspecified atom stereocenters. The highest BCUT2D eigenvalue weighted by molar-refractivity contribution is 6.04. The van der Waals surface area contributed by atoms with Gasteiger partial charge in [0.15, 0.2) is 5.82 Å². The fraction of sp³-hybridized carbons (Fsp3) is 0.676. The number of hydrazine groups is 1. The van der Waals surface area contributed by atoms with Crippen molar-refractivity contribution in [1.82, 2.24) is 30.1 Å². The fourth-order valence-electron chi connectivity index (χ4n) is 8.20. The zero-order valence-electron chi connectivity index (χ0n) is 29.9. The van der Waals surface area contributed by atoms with Crippen molar-refractivity contribution in [3.8, 4) is 5.75 Å². The van der Waals surface area contributed by atoms with Crippen molar-refractivity contribution in [2.45, 2.75) is 89.3 Å². The molecule has 0 spiro atoms. The molecule has 2 amide bonds. The molecule has 2 aliphatic heterocycles. The van der Waals surface area contributed by atoms with E-state index in [1.165, 1.54) is 64.8 Å². The highest BCUT2D eigenvalue weighted by atomic mass is 16.5. The van der Waals surface area contributed by atoms with E-state index in [0.29, 0.717) is 52.8 Å². The summed E-state index contributed by atoms with van der Waals surface area (Å²) < 4.78 is 5.73. The minimum Gasteiger partial charge on any atom is -0.495 e. The number of rotatable bonds is 12. The van der Waals surface area contributed by atoms with Gasteiger partial charge in [0, 0.05) is 71.0 Å². The molecule has 3 heterocycles. The van der Waals surface area contributed by atoms with Crippen LogP contribution < -0.4 is 25.3 Å². The summed E-state index contributed by atoms with van der Waals surface area (Å²) in [7, 11) is 5.45. The molecule has 5 aliphatic rings. The molecule has 7 rings (SSSR count). The molecule has 0 radical (unpaired) electrons. The summed E-state index contributed by atoms with van der Waals surface area (Å²) in [4.78, 5) is 43.2. The van der Waals surface area contributed by atoms with Gasteiger partial charge in [-0.1, -0.05) is 13.3 Å². The van der Waals surface area contributed by atoms with Crippen LogP contribution in [0.15, 0.2) is 24.4 Å². The highest BCUT2D eigenvalue weighted by Gasteiger charge is 2.40. The van der Waals surface area contributed by atoms with Gasteiger partial charge in [0.25, 0.3) is 11.8 Å². The molecule has 12 heteroatoms. The fourth-order valence-corrected chi connectivity index (χ4v) is 8.20. The Morgan fingerprint density at radius 2 is 1.78 bits per heavy atom. The van der Waals surface area contributed by atoms with Crippen LogP contribution in [0, 0.1) is 11.8 Å². The van der Waals surface area contributed by atoms with Gasteiger partial charge < -0.3 is 25.2 Å². The Morgan fingerprint density at radius 3 is 2.43 bits per heavy atom. The second-order valence-electron chi connectivity index (χ2n) is 15.0. The summed E-state index contributed by atoms with van der Waals surface area (Å²) in [6, 6.07) is 5.94. The highest BCUT2D eigenvalue weighted by Crippen LogP contribution is 2.38. The zero-order chi connectivity index (χ0) is 34.1. The minimum absolute atomic E-state index is 0.0424. The number of hydrogen-bond donors (Lipinski definition) is 2.